The number of piperazine rings is 1. The molecule has 4 atom stereocenters. The molecule has 226 valence electrons. The Labute approximate surface area is 267 Å². The van der Waals surface area contributed by atoms with E-state index in [1.54, 1.807) is 0 Å². The lowest BCUT2D eigenvalue weighted by molar-refractivity contribution is -0.144. The van der Waals surface area contributed by atoms with E-state index in [2.05, 4.69) is 31.0 Å². The molecule has 4 heterocycles. The highest BCUT2D eigenvalue weighted by atomic mass is 35.5. The Hall–Kier alpha value is -2.52. The number of amidine groups is 1. The summed E-state index contributed by atoms with van der Waals surface area (Å²) >= 11 is 14.0. The summed E-state index contributed by atoms with van der Waals surface area (Å²) in [4.78, 5) is 40.5. The molecule has 0 unspecified atom stereocenters. The first-order valence-corrected chi connectivity index (χ1v) is 16.9. The van der Waals surface area contributed by atoms with Gasteiger partial charge in [0.25, 0.3) is 5.91 Å². The van der Waals surface area contributed by atoms with Crippen LogP contribution in [0.5, 0.6) is 0 Å². The van der Waals surface area contributed by atoms with Gasteiger partial charge in [0.2, 0.25) is 5.91 Å². The number of aliphatic imine (C=N–C) groups is 1. The lowest BCUT2D eigenvalue weighted by Gasteiger charge is -2.38. The van der Waals surface area contributed by atoms with Gasteiger partial charge in [0.05, 0.1) is 6.04 Å². The van der Waals surface area contributed by atoms with E-state index in [4.69, 9.17) is 28.2 Å². The van der Waals surface area contributed by atoms with Gasteiger partial charge in [-0.25, -0.2) is 0 Å². The predicted octanol–water partition coefficient (Wildman–Crippen LogP) is 6.41. The van der Waals surface area contributed by atoms with Gasteiger partial charge in [-0.1, -0.05) is 61.3 Å². The van der Waals surface area contributed by atoms with Crippen molar-refractivity contribution in [2.24, 2.45) is 10.9 Å². The molecule has 1 N–H and O–H groups in total. The van der Waals surface area contributed by atoms with Crippen LogP contribution in [0.15, 0.2) is 64.1 Å². The number of nitrogens with one attached hydrogen (secondary N) is 1. The van der Waals surface area contributed by atoms with Crippen molar-refractivity contribution < 1.29 is 9.59 Å². The minimum Gasteiger partial charge on any atom is -0.338 e. The van der Waals surface area contributed by atoms with Crippen LogP contribution in [0.4, 0.5) is 0 Å². The molecule has 1 aliphatic carbocycles. The highest BCUT2D eigenvalue weighted by Gasteiger charge is 2.52. The molecule has 10 heteroatoms. The number of carbonyl (C=O) groups is 2. The van der Waals surface area contributed by atoms with E-state index in [0.29, 0.717) is 27.9 Å². The maximum absolute atomic E-state index is 14.6. The summed E-state index contributed by atoms with van der Waals surface area (Å²) in [7, 11) is 0. The minimum atomic E-state index is -0.427. The molecule has 0 bridgehead atoms. The Morgan fingerprint density at radius 1 is 1.00 bits per heavy atom. The number of benzene rings is 2. The molecule has 7 nitrogen and oxygen atoms in total. The molecule has 4 aliphatic heterocycles. The molecule has 0 radical (unpaired) electrons. The number of halogens is 2. The second-order valence-corrected chi connectivity index (χ2v) is 14.7. The molecular formula is C33H37Cl2N5O2S. The zero-order chi connectivity index (χ0) is 30.0. The van der Waals surface area contributed by atoms with Crippen molar-refractivity contribution in [2.45, 2.75) is 76.2 Å². The summed E-state index contributed by atoms with van der Waals surface area (Å²) in [6.07, 6.45) is 3.76. The molecule has 2 amide bonds. The Morgan fingerprint density at radius 2 is 1.65 bits per heavy atom. The van der Waals surface area contributed by atoms with Crippen LogP contribution >= 0.6 is 35.0 Å². The van der Waals surface area contributed by atoms with Gasteiger partial charge < -0.3 is 20.0 Å². The molecule has 1 saturated carbocycles. The second kappa shape index (κ2) is 11.1. The van der Waals surface area contributed by atoms with Crippen LogP contribution in [0.25, 0.3) is 0 Å². The Balaban J connectivity index is 1.23. The van der Waals surface area contributed by atoms with E-state index in [1.165, 1.54) is 11.8 Å². The number of likely N-dealkylation sites (tertiary alicyclic amines) is 1. The topological polar surface area (TPSA) is 68.2 Å². The van der Waals surface area contributed by atoms with Gasteiger partial charge in [-0.2, -0.15) is 0 Å². The fourth-order valence-electron chi connectivity index (χ4n) is 7.22. The first-order valence-electron chi connectivity index (χ1n) is 15.3. The number of amides is 2. The molecule has 43 heavy (non-hydrogen) atoms. The molecule has 5 aliphatic rings. The van der Waals surface area contributed by atoms with Crippen molar-refractivity contribution in [3.8, 4) is 0 Å². The van der Waals surface area contributed by atoms with Gasteiger partial charge in [-0.15, -0.1) is 0 Å². The minimum absolute atomic E-state index is 0.00739. The monoisotopic (exact) mass is 637 g/mol. The van der Waals surface area contributed by atoms with E-state index in [0.717, 1.165) is 54.3 Å². The maximum atomic E-state index is 14.6. The summed E-state index contributed by atoms with van der Waals surface area (Å²) in [6, 6.07) is 15.0. The van der Waals surface area contributed by atoms with Crippen molar-refractivity contribution in [3.63, 3.8) is 0 Å². The molecule has 7 rings (SSSR count). The molecule has 1 spiro atoms. The lowest BCUT2D eigenvalue weighted by atomic mass is 9.92. The van der Waals surface area contributed by atoms with Gasteiger partial charge in [-0.3, -0.25) is 14.6 Å². The van der Waals surface area contributed by atoms with Crippen molar-refractivity contribution in [2.75, 3.05) is 19.6 Å². The average Bonchev–Trinajstić information content (AvgIpc) is 3.30. The second-order valence-electron chi connectivity index (χ2n) is 12.9. The van der Waals surface area contributed by atoms with Gasteiger partial charge in [-0.05, 0) is 85.7 Å². The van der Waals surface area contributed by atoms with Crippen LogP contribution < -0.4 is 5.32 Å². The average molecular weight is 639 g/mol. The smallest absolute Gasteiger partial charge is 0.263 e. The first kappa shape index (κ1) is 29.2. The van der Waals surface area contributed by atoms with E-state index in [-0.39, 0.29) is 41.4 Å². The number of hydrogen-bond acceptors (Lipinski definition) is 6. The standard InChI is InChI=1S/C33H37Cl2N5O2S/c1-19(2)27-29(31(42)39-20(3)4-13-25(39)30(41)38-17-16-36-33(18-38)14-15-33)43-32-37-26(21-5-9-23(34)10-6-21)28(40(27)32)22-7-11-24(35)12-8-22/h5-12,19-20,25-26,28,36H,4,13-18H2,1-3H3/t20-,25+,26+,28-/m1/s1. The number of hydrogen-bond donors (Lipinski definition) is 1. The zero-order valence-corrected chi connectivity index (χ0v) is 27.1. The Bertz CT molecular complexity index is 1500. The van der Waals surface area contributed by atoms with E-state index >= 15 is 0 Å². The quantitative estimate of drug-likeness (QED) is 0.411. The SMILES string of the molecule is CC(C)C1=C(C(=O)N2[C@H](C)CC[C@H]2C(=O)N2CCNC3(CC3)C2)SC2=N[C@@H](c3ccc(Cl)cc3)[C@@H](c3ccc(Cl)cc3)N21. The van der Waals surface area contributed by atoms with Crippen molar-refractivity contribution in [1.29, 1.82) is 0 Å². The highest BCUT2D eigenvalue weighted by molar-refractivity contribution is 8.18. The lowest BCUT2D eigenvalue weighted by Crippen LogP contribution is -2.58. The largest absolute Gasteiger partial charge is 0.338 e. The summed E-state index contributed by atoms with van der Waals surface area (Å²) in [6.45, 7) is 8.59. The summed E-state index contributed by atoms with van der Waals surface area (Å²) < 4.78 is 0. The van der Waals surface area contributed by atoms with Crippen LogP contribution in [0.1, 0.15) is 69.7 Å². The number of fused-ring (bicyclic) bond motifs is 1. The third-order valence-corrected chi connectivity index (χ3v) is 11.2. The van der Waals surface area contributed by atoms with Crippen LogP contribution in [0.3, 0.4) is 0 Å². The van der Waals surface area contributed by atoms with Crippen LogP contribution in [0, 0.1) is 5.92 Å². The van der Waals surface area contributed by atoms with Crippen molar-refractivity contribution in [1.82, 2.24) is 20.0 Å². The third kappa shape index (κ3) is 5.18. The predicted molar refractivity (Wildman–Crippen MR) is 173 cm³/mol. The fraction of sp³-hybridized carbons (Fsp3) is 0.485. The molecular weight excluding hydrogens is 601 g/mol. The van der Waals surface area contributed by atoms with E-state index in [9.17, 15) is 9.59 Å². The van der Waals surface area contributed by atoms with Crippen molar-refractivity contribution in [3.05, 3.63) is 80.3 Å². The number of rotatable bonds is 5. The van der Waals surface area contributed by atoms with E-state index in [1.807, 2.05) is 58.3 Å². The number of nitrogens with zero attached hydrogens (tertiary/aromatic N) is 4. The number of allylic oxidation sites excluding steroid dienone is 1. The molecule has 2 aromatic rings. The fourth-order valence-corrected chi connectivity index (χ4v) is 8.76. The first-order chi connectivity index (χ1) is 20.7. The Kier molecular flexibility index (Phi) is 7.56. The molecule has 0 aromatic heterocycles. The Morgan fingerprint density at radius 3 is 2.28 bits per heavy atom. The maximum Gasteiger partial charge on any atom is 0.263 e. The number of carbonyl (C=O) groups excluding carboxylic acids is 2. The van der Waals surface area contributed by atoms with Gasteiger partial charge >= 0.3 is 0 Å². The summed E-state index contributed by atoms with van der Waals surface area (Å²) in [5.74, 6) is 0.107. The summed E-state index contributed by atoms with van der Waals surface area (Å²) in [5.41, 5.74) is 3.20. The van der Waals surface area contributed by atoms with E-state index < -0.39 is 6.04 Å². The van der Waals surface area contributed by atoms with Crippen LogP contribution in [0.2, 0.25) is 10.0 Å². The molecule has 3 fully saturated rings. The van der Waals surface area contributed by atoms with Crippen LogP contribution in [-0.2, 0) is 9.59 Å². The number of thioether (sulfide) groups is 1. The summed E-state index contributed by atoms with van der Waals surface area (Å²) in [5, 5.41) is 5.77. The molecule has 2 aromatic carbocycles. The van der Waals surface area contributed by atoms with Gasteiger partial charge in [0.1, 0.15) is 17.0 Å². The third-order valence-electron chi connectivity index (χ3n) is 9.61. The van der Waals surface area contributed by atoms with Crippen LogP contribution in [-0.4, -0.2) is 68.9 Å². The van der Waals surface area contributed by atoms with Gasteiger partial charge in [0.15, 0.2) is 5.17 Å². The molecule has 2 saturated heterocycles. The normalized spacial score (nSPS) is 27.8. The zero-order valence-electron chi connectivity index (χ0n) is 24.7. The van der Waals surface area contributed by atoms with Gasteiger partial charge in [0, 0.05) is 47.0 Å². The van der Waals surface area contributed by atoms with Crippen molar-refractivity contribution >= 4 is 51.9 Å². The highest BCUT2D eigenvalue weighted by Crippen LogP contribution is 2.54.